The second-order valence-corrected chi connectivity index (χ2v) is 3.87. The zero-order chi connectivity index (χ0) is 9.68. The third-order valence-corrected chi connectivity index (χ3v) is 2.42. The van der Waals surface area contributed by atoms with Crippen molar-refractivity contribution in [1.82, 2.24) is 13.6 Å². The highest BCUT2D eigenvalue weighted by molar-refractivity contribution is 6.99. The molecule has 1 N–H and O–H groups in total. The molecule has 0 bridgehead atoms. The Balaban J connectivity index is 2.17. The molecule has 0 aromatic carbocycles. The van der Waals surface area contributed by atoms with Crippen LogP contribution in [0.3, 0.4) is 0 Å². The average molecular weight is 221 g/mol. The molecule has 0 atom stereocenters. The van der Waals surface area contributed by atoms with E-state index in [1.807, 2.05) is 0 Å². The van der Waals surface area contributed by atoms with Crippen LogP contribution in [0.4, 0.5) is 5.82 Å². The number of hydrogen-bond donors (Lipinski definition) is 1. The molecule has 0 spiro atoms. The molecule has 0 unspecified atom stereocenters. The van der Waals surface area contributed by atoms with Crippen molar-refractivity contribution >= 4 is 29.1 Å². The van der Waals surface area contributed by atoms with E-state index < -0.39 is 0 Å². The van der Waals surface area contributed by atoms with Crippen molar-refractivity contribution in [3.05, 3.63) is 5.15 Å². The Morgan fingerprint density at radius 1 is 1.46 bits per heavy atom. The lowest BCUT2D eigenvalue weighted by molar-refractivity contribution is 0.405. The summed E-state index contributed by atoms with van der Waals surface area (Å²) < 4.78 is 7.86. The summed E-state index contributed by atoms with van der Waals surface area (Å²) in [5.74, 6) is 0.699. The lowest BCUT2D eigenvalue weighted by Gasteiger charge is -2.08. The van der Waals surface area contributed by atoms with Crippen molar-refractivity contribution in [3.63, 3.8) is 0 Å². The zero-order valence-corrected chi connectivity index (χ0v) is 9.32. The lowest BCUT2D eigenvalue weighted by atomic mass is 10.4. The van der Waals surface area contributed by atoms with Crippen LogP contribution in [0.25, 0.3) is 0 Å². The van der Waals surface area contributed by atoms with Gasteiger partial charge < -0.3 is 10.2 Å². The van der Waals surface area contributed by atoms with E-state index >= 15 is 0 Å². The largest absolute Gasteiger partial charge is 0.367 e. The Kier molecular flexibility index (Phi) is 4.41. The summed E-state index contributed by atoms with van der Waals surface area (Å²) in [5, 5.41) is 3.59. The third-order valence-electron chi connectivity index (χ3n) is 1.52. The first-order valence-electron chi connectivity index (χ1n) is 4.07. The Labute approximate surface area is 87.2 Å². The quantitative estimate of drug-likeness (QED) is 0.765. The van der Waals surface area contributed by atoms with Crippen molar-refractivity contribution in [1.29, 1.82) is 0 Å². The zero-order valence-electron chi connectivity index (χ0n) is 7.75. The van der Waals surface area contributed by atoms with Gasteiger partial charge in [0, 0.05) is 6.54 Å². The standard InChI is InChI=1S/C7H13ClN4S/c1-12(2)5-3-4-9-7-6(8)10-13-11-7/h3-5H2,1-2H3,(H,9,11). The predicted molar refractivity (Wildman–Crippen MR) is 56.6 cm³/mol. The van der Waals surface area contributed by atoms with Gasteiger partial charge in [-0.2, -0.15) is 8.75 Å². The molecule has 0 aliphatic carbocycles. The Morgan fingerprint density at radius 2 is 2.23 bits per heavy atom. The molecule has 4 nitrogen and oxygen atoms in total. The third kappa shape index (κ3) is 3.89. The molecule has 0 aliphatic rings. The first kappa shape index (κ1) is 10.7. The van der Waals surface area contributed by atoms with Crippen LogP contribution in [0, 0.1) is 0 Å². The first-order valence-corrected chi connectivity index (χ1v) is 5.17. The molecule has 0 fully saturated rings. The van der Waals surface area contributed by atoms with Gasteiger partial charge in [-0.05, 0) is 27.1 Å². The smallest absolute Gasteiger partial charge is 0.186 e. The number of nitrogens with zero attached hydrogens (tertiary/aromatic N) is 3. The molecule has 74 valence electrons. The topological polar surface area (TPSA) is 41.0 Å². The monoisotopic (exact) mass is 220 g/mol. The van der Waals surface area contributed by atoms with Gasteiger partial charge in [-0.1, -0.05) is 11.6 Å². The summed E-state index contributed by atoms with van der Waals surface area (Å²) in [5.41, 5.74) is 0. The molecule has 0 saturated heterocycles. The van der Waals surface area contributed by atoms with E-state index in [-0.39, 0.29) is 0 Å². The minimum atomic E-state index is 0.467. The van der Waals surface area contributed by atoms with E-state index in [0.29, 0.717) is 11.0 Å². The summed E-state index contributed by atoms with van der Waals surface area (Å²) in [6.07, 6.45) is 1.07. The lowest BCUT2D eigenvalue weighted by Crippen LogP contribution is -2.16. The highest BCUT2D eigenvalue weighted by Gasteiger charge is 2.02. The van der Waals surface area contributed by atoms with E-state index in [1.54, 1.807) is 0 Å². The second kappa shape index (κ2) is 5.36. The molecule has 6 heteroatoms. The summed E-state index contributed by atoms with van der Waals surface area (Å²) in [6, 6.07) is 0. The number of anilines is 1. The van der Waals surface area contributed by atoms with Crippen molar-refractivity contribution < 1.29 is 0 Å². The fourth-order valence-corrected chi connectivity index (χ4v) is 1.57. The van der Waals surface area contributed by atoms with Gasteiger partial charge in [0.1, 0.15) is 0 Å². The van der Waals surface area contributed by atoms with Crippen molar-refractivity contribution in [2.24, 2.45) is 0 Å². The van der Waals surface area contributed by atoms with Crippen LogP contribution in [-0.2, 0) is 0 Å². The summed E-state index contributed by atoms with van der Waals surface area (Å²) in [7, 11) is 4.11. The van der Waals surface area contributed by atoms with E-state index in [0.717, 1.165) is 31.2 Å². The van der Waals surface area contributed by atoms with Crippen molar-refractivity contribution in [2.45, 2.75) is 6.42 Å². The van der Waals surface area contributed by atoms with E-state index in [1.165, 1.54) is 0 Å². The molecule has 0 aliphatic heterocycles. The molecular weight excluding hydrogens is 208 g/mol. The van der Waals surface area contributed by atoms with Crippen LogP contribution in [0.5, 0.6) is 0 Å². The van der Waals surface area contributed by atoms with E-state index in [2.05, 4.69) is 33.1 Å². The molecule has 0 amide bonds. The molecule has 1 aromatic rings. The van der Waals surface area contributed by atoms with Crippen LogP contribution in [-0.4, -0.2) is 40.8 Å². The molecular formula is C7H13ClN4S. The van der Waals surface area contributed by atoms with Crippen LogP contribution in [0.1, 0.15) is 6.42 Å². The Bertz CT molecular complexity index is 250. The minimum Gasteiger partial charge on any atom is -0.367 e. The number of halogens is 1. The van der Waals surface area contributed by atoms with Gasteiger partial charge >= 0.3 is 0 Å². The first-order chi connectivity index (χ1) is 6.20. The summed E-state index contributed by atoms with van der Waals surface area (Å²) in [4.78, 5) is 2.14. The van der Waals surface area contributed by atoms with Crippen LogP contribution >= 0.6 is 23.3 Å². The van der Waals surface area contributed by atoms with Gasteiger partial charge in [0.15, 0.2) is 11.0 Å². The summed E-state index contributed by atoms with van der Waals surface area (Å²) in [6.45, 7) is 1.94. The van der Waals surface area contributed by atoms with Crippen LogP contribution in [0.15, 0.2) is 0 Å². The highest BCUT2D eigenvalue weighted by Crippen LogP contribution is 2.17. The molecule has 0 radical (unpaired) electrons. The molecule has 1 heterocycles. The van der Waals surface area contributed by atoms with Crippen molar-refractivity contribution in [2.75, 3.05) is 32.5 Å². The normalized spacial score (nSPS) is 10.8. The summed E-state index contributed by atoms with van der Waals surface area (Å²) >= 11 is 6.87. The predicted octanol–water partition coefficient (Wildman–Crippen LogP) is 1.56. The SMILES string of the molecule is CN(C)CCCNc1nsnc1Cl. The van der Waals surface area contributed by atoms with Crippen LogP contribution in [0.2, 0.25) is 5.15 Å². The number of hydrogen-bond acceptors (Lipinski definition) is 5. The van der Waals surface area contributed by atoms with Gasteiger partial charge in [-0.15, -0.1) is 0 Å². The average Bonchev–Trinajstić information content (AvgIpc) is 2.45. The van der Waals surface area contributed by atoms with Gasteiger partial charge in [-0.3, -0.25) is 0 Å². The molecule has 0 saturated carbocycles. The second-order valence-electron chi connectivity index (χ2n) is 2.99. The number of nitrogens with one attached hydrogen (secondary N) is 1. The minimum absolute atomic E-state index is 0.467. The Hall–Kier alpha value is -0.390. The van der Waals surface area contributed by atoms with Crippen molar-refractivity contribution in [3.8, 4) is 0 Å². The maximum absolute atomic E-state index is 5.75. The maximum Gasteiger partial charge on any atom is 0.186 e. The number of aromatic nitrogens is 2. The molecule has 1 rings (SSSR count). The maximum atomic E-state index is 5.75. The fourth-order valence-electron chi connectivity index (χ4n) is 0.885. The van der Waals surface area contributed by atoms with E-state index in [4.69, 9.17) is 11.6 Å². The Morgan fingerprint density at radius 3 is 2.77 bits per heavy atom. The van der Waals surface area contributed by atoms with Gasteiger partial charge in [0.25, 0.3) is 0 Å². The highest BCUT2D eigenvalue weighted by atomic mass is 35.5. The molecule has 1 aromatic heterocycles. The van der Waals surface area contributed by atoms with Gasteiger partial charge in [-0.25, -0.2) is 0 Å². The van der Waals surface area contributed by atoms with Crippen LogP contribution < -0.4 is 5.32 Å². The van der Waals surface area contributed by atoms with Gasteiger partial charge in [0.05, 0.1) is 11.7 Å². The fraction of sp³-hybridized carbons (Fsp3) is 0.714. The van der Waals surface area contributed by atoms with Gasteiger partial charge in [0.2, 0.25) is 0 Å². The molecule has 13 heavy (non-hydrogen) atoms. The number of rotatable bonds is 5. The van der Waals surface area contributed by atoms with E-state index in [9.17, 15) is 0 Å².